The highest BCUT2D eigenvalue weighted by molar-refractivity contribution is 9.10. The van der Waals surface area contributed by atoms with Crippen LogP contribution in [0.5, 0.6) is 0 Å². The zero-order chi connectivity index (χ0) is 13.1. The SMILES string of the molecule is O=C(O)Nc1ccc(F)cc1-c1ccc(Br)cc1. The second-order valence-corrected chi connectivity index (χ2v) is 4.54. The molecule has 0 atom stereocenters. The Kier molecular flexibility index (Phi) is 3.62. The van der Waals surface area contributed by atoms with Gasteiger partial charge in [-0.2, -0.15) is 0 Å². The van der Waals surface area contributed by atoms with Crippen LogP contribution in [-0.2, 0) is 0 Å². The predicted octanol–water partition coefficient (Wildman–Crippen LogP) is 4.35. The highest BCUT2D eigenvalue weighted by Gasteiger charge is 2.08. The van der Waals surface area contributed by atoms with Gasteiger partial charge in [0, 0.05) is 10.0 Å². The minimum atomic E-state index is -1.18. The molecule has 0 fully saturated rings. The molecule has 2 rings (SSSR count). The van der Waals surface area contributed by atoms with Crippen molar-refractivity contribution in [1.29, 1.82) is 0 Å². The van der Waals surface area contributed by atoms with Crippen LogP contribution < -0.4 is 5.32 Å². The van der Waals surface area contributed by atoms with Gasteiger partial charge in [-0.3, -0.25) is 5.32 Å². The van der Waals surface area contributed by atoms with Crippen LogP contribution in [0, 0.1) is 5.82 Å². The smallest absolute Gasteiger partial charge is 0.409 e. The summed E-state index contributed by atoms with van der Waals surface area (Å²) in [7, 11) is 0. The number of hydrogen-bond acceptors (Lipinski definition) is 1. The van der Waals surface area contributed by atoms with Gasteiger partial charge < -0.3 is 5.11 Å². The van der Waals surface area contributed by atoms with E-state index in [0.717, 1.165) is 10.0 Å². The van der Waals surface area contributed by atoms with E-state index in [4.69, 9.17) is 5.11 Å². The molecule has 0 aliphatic rings. The van der Waals surface area contributed by atoms with Gasteiger partial charge in [-0.05, 0) is 35.9 Å². The van der Waals surface area contributed by atoms with Crippen LogP contribution in [0.1, 0.15) is 0 Å². The van der Waals surface area contributed by atoms with Crippen LogP contribution in [-0.4, -0.2) is 11.2 Å². The third-order valence-electron chi connectivity index (χ3n) is 2.38. The topological polar surface area (TPSA) is 49.3 Å². The average molecular weight is 310 g/mol. The van der Waals surface area contributed by atoms with Crippen molar-refractivity contribution in [3.05, 3.63) is 52.8 Å². The monoisotopic (exact) mass is 309 g/mol. The summed E-state index contributed by atoms with van der Waals surface area (Å²) in [4.78, 5) is 10.7. The van der Waals surface area contributed by atoms with Crippen molar-refractivity contribution >= 4 is 27.7 Å². The Morgan fingerprint density at radius 1 is 1.17 bits per heavy atom. The molecule has 0 bridgehead atoms. The highest BCUT2D eigenvalue weighted by Crippen LogP contribution is 2.29. The minimum Gasteiger partial charge on any atom is -0.465 e. The second kappa shape index (κ2) is 5.18. The van der Waals surface area contributed by atoms with E-state index in [1.165, 1.54) is 18.2 Å². The zero-order valence-electron chi connectivity index (χ0n) is 9.15. The van der Waals surface area contributed by atoms with Crippen LogP contribution in [0.3, 0.4) is 0 Å². The van der Waals surface area contributed by atoms with Crippen molar-refractivity contribution in [3.63, 3.8) is 0 Å². The predicted molar refractivity (Wildman–Crippen MR) is 71.2 cm³/mol. The number of rotatable bonds is 2. The van der Waals surface area contributed by atoms with Gasteiger partial charge in [0.1, 0.15) is 5.82 Å². The third-order valence-corrected chi connectivity index (χ3v) is 2.91. The summed E-state index contributed by atoms with van der Waals surface area (Å²) >= 11 is 3.31. The summed E-state index contributed by atoms with van der Waals surface area (Å²) < 4.78 is 14.2. The molecule has 0 aliphatic carbocycles. The Bertz CT molecular complexity index is 584. The summed E-state index contributed by atoms with van der Waals surface area (Å²) in [5.74, 6) is -0.413. The maximum atomic E-state index is 13.3. The number of anilines is 1. The number of carbonyl (C=O) groups is 1. The maximum Gasteiger partial charge on any atom is 0.409 e. The zero-order valence-corrected chi connectivity index (χ0v) is 10.7. The van der Waals surface area contributed by atoms with Gasteiger partial charge >= 0.3 is 6.09 Å². The first-order valence-electron chi connectivity index (χ1n) is 5.12. The average Bonchev–Trinajstić information content (AvgIpc) is 2.32. The summed E-state index contributed by atoms with van der Waals surface area (Å²) in [5.41, 5.74) is 1.59. The summed E-state index contributed by atoms with van der Waals surface area (Å²) in [5, 5.41) is 11.0. The fourth-order valence-electron chi connectivity index (χ4n) is 1.61. The number of benzene rings is 2. The van der Waals surface area contributed by atoms with Gasteiger partial charge in [-0.25, -0.2) is 9.18 Å². The molecule has 0 heterocycles. The Hall–Kier alpha value is -1.88. The molecule has 0 aromatic heterocycles. The molecule has 2 aromatic rings. The van der Waals surface area contributed by atoms with Crippen molar-refractivity contribution in [3.8, 4) is 11.1 Å². The first-order valence-corrected chi connectivity index (χ1v) is 5.91. The summed E-state index contributed by atoms with van der Waals surface area (Å²) in [6.07, 6.45) is -1.18. The molecule has 1 amide bonds. The lowest BCUT2D eigenvalue weighted by Crippen LogP contribution is -2.08. The molecular weight excluding hydrogens is 301 g/mol. The minimum absolute atomic E-state index is 0.353. The lowest BCUT2D eigenvalue weighted by molar-refractivity contribution is 0.210. The van der Waals surface area contributed by atoms with Gasteiger partial charge in [0.15, 0.2) is 0 Å². The fraction of sp³-hybridized carbons (Fsp3) is 0. The quantitative estimate of drug-likeness (QED) is 0.866. The fourth-order valence-corrected chi connectivity index (χ4v) is 1.87. The van der Waals surface area contributed by atoms with Crippen LogP contribution in [0.25, 0.3) is 11.1 Å². The molecular formula is C13H9BrFNO2. The molecule has 0 saturated heterocycles. The number of nitrogens with one attached hydrogen (secondary N) is 1. The summed E-state index contributed by atoms with van der Waals surface area (Å²) in [6.45, 7) is 0. The molecule has 0 spiro atoms. The molecule has 2 N–H and O–H groups in total. The Morgan fingerprint density at radius 3 is 2.44 bits per heavy atom. The van der Waals surface area contributed by atoms with E-state index in [9.17, 15) is 9.18 Å². The first kappa shape index (κ1) is 12.6. The van der Waals surface area contributed by atoms with E-state index in [1.807, 2.05) is 12.1 Å². The molecule has 0 saturated carbocycles. The standard InChI is InChI=1S/C13H9BrFNO2/c14-9-3-1-8(2-4-9)11-7-10(15)5-6-12(11)16-13(17)18/h1-7,16H,(H,17,18). The van der Waals surface area contributed by atoms with E-state index >= 15 is 0 Å². The van der Waals surface area contributed by atoms with Gasteiger partial charge in [-0.15, -0.1) is 0 Å². The van der Waals surface area contributed by atoms with Crippen molar-refractivity contribution in [2.75, 3.05) is 5.32 Å². The van der Waals surface area contributed by atoms with Crippen molar-refractivity contribution in [2.24, 2.45) is 0 Å². The number of amides is 1. The van der Waals surface area contributed by atoms with Crippen LogP contribution in [0.4, 0.5) is 14.9 Å². The third kappa shape index (κ3) is 2.87. The Balaban J connectivity index is 2.50. The van der Waals surface area contributed by atoms with Crippen LogP contribution >= 0.6 is 15.9 Å². The molecule has 5 heteroatoms. The van der Waals surface area contributed by atoms with E-state index < -0.39 is 11.9 Å². The number of halogens is 2. The van der Waals surface area contributed by atoms with Crippen LogP contribution in [0.15, 0.2) is 46.9 Å². The first-order chi connectivity index (χ1) is 8.56. The van der Waals surface area contributed by atoms with E-state index in [-0.39, 0.29) is 0 Å². The van der Waals surface area contributed by atoms with Gasteiger partial charge in [0.25, 0.3) is 0 Å². The van der Waals surface area contributed by atoms with Gasteiger partial charge in [0.2, 0.25) is 0 Å². The molecule has 3 nitrogen and oxygen atoms in total. The largest absolute Gasteiger partial charge is 0.465 e. The Labute approximate surface area is 111 Å². The van der Waals surface area contributed by atoms with E-state index in [0.29, 0.717) is 11.3 Å². The molecule has 92 valence electrons. The highest BCUT2D eigenvalue weighted by atomic mass is 79.9. The van der Waals surface area contributed by atoms with Crippen LogP contribution in [0.2, 0.25) is 0 Å². The van der Waals surface area contributed by atoms with Crippen molar-refractivity contribution < 1.29 is 14.3 Å². The summed E-state index contributed by atoms with van der Waals surface area (Å²) in [6, 6.07) is 11.1. The van der Waals surface area contributed by atoms with Crippen molar-refractivity contribution in [2.45, 2.75) is 0 Å². The Morgan fingerprint density at radius 2 is 1.83 bits per heavy atom. The van der Waals surface area contributed by atoms with Crippen molar-refractivity contribution in [1.82, 2.24) is 0 Å². The second-order valence-electron chi connectivity index (χ2n) is 3.63. The maximum absolute atomic E-state index is 13.3. The molecule has 0 radical (unpaired) electrons. The lowest BCUT2D eigenvalue weighted by atomic mass is 10.0. The number of carboxylic acid groups (broad SMARTS) is 1. The molecule has 2 aromatic carbocycles. The van der Waals surface area contributed by atoms with Gasteiger partial charge in [0.05, 0.1) is 5.69 Å². The van der Waals surface area contributed by atoms with E-state index in [2.05, 4.69) is 21.2 Å². The lowest BCUT2D eigenvalue weighted by Gasteiger charge is -2.09. The van der Waals surface area contributed by atoms with E-state index in [1.54, 1.807) is 12.1 Å². The molecule has 0 unspecified atom stereocenters. The number of hydrogen-bond donors (Lipinski definition) is 2. The van der Waals surface area contributed by atoms with Gasteiger partial charge in [-0.1, -0.05) is 28.1 Å². The molecule has 18 heavy (non-hydrogen) atoms. The molecule has 0 aliphatic heterocycles. The normalized spacial score (nSPS) is 10.1.